The normalized spacial score (nSPS) is 11.7. The smallest absolute Gasteiger partial charge is 0.341 e. The number of aromatic nitrogens is 3. The van der Waals surface area contributed by atoms with Crippen molar-refractivity contribution in [2.75, 3.05) is 6.61 Å². The third-order valence-corrected chi connectivity index (χ3v) is 6.34. The Kier molecular flexibility index (Phi) is 6.95. The standard InChI is InChI=1S/C30H26N4O4/c1-3-38-30(37)24-19-23-26(31-25-15-9-10-17-33(25)29(23)36)34(18-16-21-12-5-4-6-13-21)27(24)32-28(35)22-14-8-7-11-20(22)2/h4-15,17,19H,3,16,18H2,1-2H3. The van der Waals surface area contributed by atoms with Gasteiger partial charge in [0.05, 0.1) is 12.0 Å². The zero-order valence-corrected chi connectivity index (χ0v) is 21.1. The van der Waals surface area contributed by atoms with Crippen molar-refractivity contribution in [2.45, 2.75) is 26.8 Å². The minimum Gasteiger partial charge on any atom is -0.462 e. The number of amides is 1. The molecule has 0 saturated heterocycles. The van der Waals surface area contributed by atoms with Gasteiger partial charge in [0.1, 0.15) is 16.9 Å². The monoisotopic (exact) mass is 506 g/mol. The molecule has 3 heterocycles. The van der Waals surface area contributed by atoms with E-state index >= 15 is 0 Å². The Hall–Kier alpha value is -4.85. The van der Waals surface area contributed by atoms with E-state index in [0.717, 1.165) is 11.1 Å². The number of fused-ring (bicyclic) bond motifs is 2. The molecule has 8 heteroatoms. The molecule has 2 aromatic carbocycles. The molecule has 3 aromatic heterocycles. The summed E-state index contributed by atoms with van der Waals surface area (Å²) in [5, 5.41) is 0.229. The molecule has 38 heavy (non-hydrogen) atoms. The van der Waals surface area contributed by atoms with Gasteiger partial charge in [0.25, 0.3) is 11.5 Å². The molecule has 0 unspecified atom stereocenters. The molecule has 0 bridgehead atoms. The van der Waals surface area contributed by atoms with Crippen LogP contribution < -0.4 is 11.0 Å². The Morgan fingerprint density at radius 2 is 1.68 bits per heavy atom. The number of ether oxygens (including phenoxy) is 1. The topological polar surface area (TPSA) is 95.0 Å². The molecule has 0 spiro atoms. The second kappa shape index (κ2) is 10.6. The minimum absolute atomic E-state index is 0.0316. The Morgan fingerprint density at radius 3 is 2.45 bits per heavy atom. The van der Waals surface area contributed by atoms with Gasteiger partial charge >= 0.3 is 5.97 Å². The maximum absolute atomic E-state index is 13.5. The predicted octanol–water partition coefficient (Wildman–Crippen LogP) is 4.12. The number of rotatable bonds is 6. The van der Waals surface area contributed by atoms with E-state index in [1.165, 1.54) is 10.5 Å². The Labute approximate surface area is 218 Å². The lowest BCUT2D eigenvalue weighted by Crippen LogP contribution is -2.33. The molecule has 190 valence electrons. The summed E-state index contributed by atoms with van der Waals surface area (Å²) in [6.07, 6.45) is 2.19. The average molecular weight is 507 g/mol. The fourth-order valence-corrected chi connectivity index (χ4v) is 4.42. The zero-order valence-electron chi connectivity index (χ0n) is 21.1. The van der Waals surface area contributed by atoms with Crippen molar-refractivity contribution in [2.24, 2.45) is 4.99 Å². The molecular formula is C30H26N4O4. The molecule has 5 aromatic rings. The van der Waals surface area contributed by atoms with Gasteiger partial charge in [-0.2, -0.15) is 4.99 Å². The predicted molar refractivity (Wildman–Crippen MR) is 144 cm³/mol. The van der Waals surface area contributed by atoms with Crippen LogP contribution in [0.4, 0.5) is 0 Å². The van der Waals surface area contributed by atoms with Crippen LogP contribution in [0.5, 0.6) is 0 Å². The quantitative estimate of drug-likeness (QED) is 0.255. The number of hydrogen-bond acceptors (Lipinski definition) is 5. The van der Waals surface area contributed by atoms with Gasteiger partial charge in [0, 0.05) is 18.3 Å². The third-order valence-electron chi connectivity index (χ3n) is 6.34. The van der Waals surface area contributed by atoms with E-state index in [1.807, 2.05) is 49.4 Å². The number of carbonyl (C=O) groups is 2. The van der Waals surface area contributed by atoms with Gasteiger partial charge in [-0.15, -0.1) is 0 Å². The van der Waals surface area contributed by atoms with Crippen molar-refractivity contribution in [3.05, 3.63) is 123 Å². The molecular weight excluding hydrogens is 480 g/mol. The number of hydrogen-bond donors (Lipinski definition) is 0. The summed E-state index contributed by atoms with van der Waals surface area (Å²) in [5.74, 6) is -1.17. The Bertz CT molecular complexity index is 1800. The summed E-state index contributed by atoms with van der Waals surface area (Å²) in [6, 6.07) is 23.6. The number of aryl methyl sites for hydroxylation is 3. The van der Waals surface area contributed by atoms with Crippen molar-refractivity contribution in [3.8, 4) is 0 Å². The van der Waals surface area contributed by atoms with Crippen molar-refractivity contribution in [1.29, 1.82) is 0 Å². The number of pyridine rings is 2. The molecule has 0 saturated carbocycles. The lowest BCUT2D eigenvalue weighted by Gasteiger charge is -2.15. The highest BCUT2D eigenvalue weighted by atomic mass is 16.5. The summed E-state index contributed by atoms with van der Waals surface area (Å²) in [6.45, 7) is 3.97. The van der Waals surface area contributed by atoms with E-state index in [-0.39, 0.29) is 28.6 Å². The van der Waals surface area contributed by atoms with Crippen molar-refractivity contribution in [3.63, 3.8) is 0 Å². The van der Waals surface area contributed by atoms with Crippen LogP contribution in [0.3, 0.4) is 0 Å². The molecule has 8 nitrogen and oxygen atoms in total. The van der Waals surface area contributed by atoms with Crippen molar-refractivity contribution >= 4 is 28.6 Å². The highest BCUT2D eigenvalue weighted by molar-refractivity contribution is 5.98. The molecule has 0 aliphatic heterocycles. The highest BCUT2D eigenvalue weighted by Gasteiger charge is 2.20. The molecule has 0 aliphatic carbocycles. The van der Waals surface area contributed by atoms with E-state index in [0.29, 0.717) is 29.8 Å². The molecule has 5 rings (SSSR count). The maximum atomic E-state index is 13.5. The summed E-state index contributed by atoms with van der Waals surface area (Å²) >= 11 is 0. The first kappa shape index (κ1) is 24.8. The van der Waals surface area contributed by atoms with E-state index in [1.54, 1.807) is 48.0 Å². The number of carbonyl (C=O) groups excluding carboxylic acids is 2. The fraction of sp³-hybridized carbons (Fsp3) is 0.167. The lowest BCUT2D eigenvalue weighted by molar-refractivity contribution is 0.0523. The molecule has 0 N–H and O–H groups in total. The Balaban J connectivity index is 1.85. The van der Waals surface area contributed by atoms with Crippen LogP contribution in [0.25, 0.3) is 16.7 Å². The highest BCUT2D eigenvalue weighted by Crippen LogP contribution is 2.14. The van der Waals surface area contributed by atoms with Crippen LogP contribution in [-0.2, 0) is 17.7 Å². The fourth-order valence-electron chi connectivity index (χ4n) is 4.42. The lowest BCUT2D eigenvalue weighted by atomic mass is 10.1. The van der Waals surface area contributed by atoms with Gasteiger partial charge in [0.15, 0.2) is 5.49 Å². The van der Waals surface area contributed by atoms with Crippen LogP contribution in [0.2, 0.25) is 0 Å². The summed E-state index contributed by atoms with van der Waals surface area (Å²) < 4.78 is 8.43. The van der Waals surface area contributed by atoms with Gasteiger partial charge < -0.3 is 9.30 Å². The molecule has 0 atom stereocenters. The average Bonchev–Trinajstić information content (AvgIpc) is 2.93. The third kappa shape index (κ3) is 4.76. The molecule has 0 fully saturated rings. The van der Waals surface area contributed by atoms with E-state index in [2.05, 4.69) is 4.99 Å². The van der Waals surface area contributed by atoms with Crippen LogP contribution in [0.15, 0.2) is 94.8 Å². The summed E-state index contributed by atoms with van der Waals surface area (Å²) in [5.41, 5.74) is 2.81. The van der Waals surface area contributed by atoms with Crippen molar-refractivity contribution < 1.29 is 14.3 Å². The molecule has 0 aliphatic rings. The maximum Gasteiger partial charge on any atom is 0.341 e. The summed E-state index contributed by atoms with van der Waals surface area (Å²) in [7, 11) is 0. The minimum atomic E-state index is -0.670. The van der Waals surface area contributed by atoms with Gasteiger partial charge in [-0.25, -0.2) is 9.78 Å². The van der Waals surface area contributed by atoms with Gasteiger partial charge in [0.2, 0.25) is 0 Å². The van der Waals surface area contributed by atoms with E-state index in [9.17, 15) is 14.4 Å². The van der Waals surface area contributed by atoms with Gasteiger partial charge in [-0.3, -0.25) is 14.0 Å². The first-order chi connectivity index (χ1) is 18.5. The summed E-state index contributed by atoms with van der Waals surface area (Å²) in [4.78, 5) is 49.3. The van der Waals surface area contributed by atoms with Crippen molar-refractivity contribution in [1.82, 2.24) is 14.0 Å². The number of esters is 1. The molecule has 0 radical (unpaired) electrons. The first-order valence-electron chi connectivity index (χ1n) is 12.4. The first-order valence-corrected chi connectivity index (χ1v) is 12.4. The van der Waals surface area contributed by atoms with Crippen LogP contribution >= 0.6 is 0 Å². The largest absolute Gasteiger partial charge is 0.462 e. The number of nitrogens with zero attached hydrogens (tertiary/aromatic N) is 4. The second-order valence-corrected chi connectivity index (χ2v) is 8.80. The van der Waals surface area contributed by atoms with Crippen LogP contribution in [-0.4, -0.2) is 32.4 Å². The Morgan fingerprint density at radius 1 is 0.947 bits per heavy atom. The second-order valence-electron chi connectivity index (χ2n) is 8.80. The number of benzene rings is 2. The van der Waals surface area contributed by atoms with Crippen LogP contribution in [0.1, 0.15) is 38.8 Å². The van der Waals surface area contributed by atoms with E-state index < -0.39 is 11.9 Å². The SMILES string of the molecule is CCOC(=O)c1cc2c(=O)n3ccccc3nc2n(CCc2ccccc2)c1=NC(=O)c1ccccc1C. The van der Waals surface area contributed by atoms with Crippen LogP contribution in [0, 0.1) is 6.92 Å². The molecule has 1 amide bonds. The van der Waals surface area contributed by atoms with E-state index in [4.69, 9.17) is 9.72 Å². The van der Waals surface area contributed by atoms with Gasteiger partial charge in [-0.05, 0) is 55.7 Å². The van der Waals surface area contributed by atoms with Gasteiger partial charge in [-0.1, -0.05) is 54.6 Å². The zero-order chi connectivity index (χ0) is 26.6.